The summed E-state index contributed by atoms with van der Waals surface area (Å²) in [5.74, 6) is -0.958. The van der Waals surface area contributed by atoms with E-state index in [0.717, 1.165) is 6.26 Å². The van der Waals surface area contributed by atoms with E-state index in [0.29, 0.717) is 22.9 Å². The second kappa shape index (κ2) is 3.81. The first-order chi connectivity index (χ1) is 7.77. The number of halogens is 1. The zero-order valence-corrected chi connectivity index (χ0v) is 11.5. The van der Waals surface area contributed by atoms with E-state index in [1.54, 1.807) is 12.1 Å². The number of hydrogen-bond donors (Lipinski definition) is 1. The van der Waals surface area contributed by atoms with Crippen LogP contribution in [-0.2, 0) is 20.0 Å². The highest BCUT2D eigenvalue weighted by Gasteiger charge is 2.53. The Balaban J connectivity index is 2.69. The Kier molecular flexibility index (Phi) is 2.82. The number of hydrogen-bond acceptors (Lipinski definition) is 3. The SMILES string of the molecule is CS(=O)(=O)c1ccc(Br)cc1C1(C(=O)O)CC1. The van der Waals surface area contributed by atoms with Gasteiger partial charge in [-0.05, 0) is 36.6 Å². The minimum Gasteiger partial charge on any atom is -0.481 e. The standard InChI is InChI=1S/C11H11BrO4S/c1-17(15,16)9-3-2-7(12)6-8(9)11(4-5-11)10(13)14/h2-3,6H,4-5H2,1H3,(H,13,14). The molecule has 0 bridgehead atoms. The van der Waals surface area contributed by atoms with Gasteiger partial charge in [0.2, 0.25) is 0 Å². The van der Waals surface area contributed by atoms with Gasteiger partial charge in [-0.1, -0.05) is 15.9 Å². The first kappa shape index (κ1) is 12.6. The Morgan fingerprint density at radius 3 is 2.41 bits per heavy atom. The Hall–Kier alpha value is -0.880. The summed E-state index contributed by atoms with van der Waals surface area (Å²) in [6.45, 7) is 0. The van der Waals surface area contributed by atoms with Gasteiger partial charge in [0.05, 0.1) is 10.3 Å². The molecule has 0 amide bonds. The molecule has 1 saturated carbocycles. The van der Waals surface area contributed by atoms with E-state index in [4.69, 9.17) is 0 Å². The van der Waals surface area contributed by atoms with Crippen LogP contribution in [0.2, 0.25) is 0 Å². The van der Waals surface area contributed by atoms with Crippen LogP contribution in [0, 0.1) is 0 Å². The number of rotatable bonds is 3. The molecule has 0 atom stereocenters. The van der Waals surface area contributed by atoms with Gasteiger partial charge in [-0.25, -0.2) is 8.42 Å². The fourth-order valence-electron chi connectivity index (χ4n) is 1.92. The van der Waals surface area contributed by atoms with Crippen LogP contribution in [0.1, 0.15) is 18.4 Å². The van der Waals surface area contributed by atoms with Gasteiger partial charge in [0.25, 0.3) is 0 Å². The molecule has 0 unspecified atom stereocenters. The van der Waals surface area contributed by atoms with Crippen LogP contribution in [0.15, 0.2) is 27.6 Å². The summed E-state index contributed by atoms with van der Waals surface area (Å²) >= 11 is 3.24. The molecule has 17 heavy (non-hydrogen) atoms. The van der Waals surface area contributed by atoms with Crippen molar-refractivity contribution < 1.29 is 18.3 Å². The minimum atomic E-state index is -3.41. The number of aliphatic carboxylic acids is 1. The molecule has 92 valence electrons. The normalized spacial score (nSPS) is 17.8. The summed E-state index contributed by atoms with van der Waals surface area (Å²) in [7, 11) is -3.41. The summed E-state index contributed by atoms with van der Waals surface area (Å²) in [6.07, 6.45) is 2.07. The van der Waals surface area contributed by atoms with Gasteiger partial charge in [-0.2, -0.15) is 0 Å². The van der Waals surface area contributed by atoms with Crippen molar-refractivity contribution in [3.8, 4) is 0 Å². The smallest absolute Gasteiger partial charge is 0.314 e. The second-order valence-electron chi connectivity index (χ2n) is 4.30. The van der Waals surface area contributed by atoms with Crippen molar-refractivity contribution in [2.24, 2.45) is 0 Å². The third kappa shape index (κ3) is 2.11. The molecule has 1 aromatic rings. The number of carboxylic acids is 1. The van der Waals surface area contributed by atoms with Crippen LogP contribution in [0.4, 0.5) is 0 Å². The molecule has 0 aliphatic heterocycles. The lowest BCUT2D eigenvalue weighted by molar-refractivity contribution is -0.140. The molecule has 1 N–H and O–H groups in total. The number of carbonyl (C=O) groups is 1. The molecule has 0 spiro atoms. The third-order valence-electron chi connectivity index (χ3n) is 3.02. The predicted molar refractivity (Wildman–Crippen MR) is 65.8 cm³/mol. The van der Waals surface area contributed by atoms with Crippen molar-refractivity contribution in [3.63, 3.8) is 0 Å². The van der Waals surface area contributed by atoms with Gasteiger partial charge in [0.15, 0.2) is 9.84 Å². The molecular formula is C11H11BrO4S. The van der Waals surface area contributed by atoms with E-state index in [2.05, 4.69) is 15.9 Å². The van der Waals surface area contributed by atoms with E-state index in [1.165, 1.54) is 6.07 Å². The van der Waals surface area contributed by atoms with Gasteiger partial charge >= 0.3 is 5.97 Å². The van der Waals surface area contributed by atoms with Crippen LogP contribution < -0.4 is 0 Å². The van der Waals surface area contributed by atoms with E-state index in [9.17, 15) is 18.3 Å². The molecular weight excluding hydrogens is 308 g/mol. The predicted octanol–water partition coefficient (Wildman–Crippen LogP) is 1.97. The van der Waals surface area contributed by atoms with Crippen molar-refractivity contribution in [3.05, 3.63) is 28.2 Å². The summed E-state index contributed by atoms with van der Waals surface area (Å²) < 4.78 is 24.0. The van der Waals surface area contributed by atoms with Gasteiger partial charge < -0.3 is 5.11 Å². The molecule has 1 aliphatic rings. The van der Waals surface area contributed by atoms with Crippen molar-refractivity contribution in [2.75, 3.05) is 6.26 Å². The lowest BCUT2D eigenvalue weighted by atomic mass is 9.96. The van der Waals surface area contributed by atoms with E-state index in [1.807, 2.05) is 0 Å². The molecule has 6 heteroatoms. The number of sulfone groups is 1. The van der Waals surface area contributed by atoms with Crippen LogP contribution in [0.5, 0.6) is 0 Å². The van der Waals surface area contributed by atoms with Crippen molar-refractivity contribution in [1.82, 2.24) is 0 Å². The van der Waals surface area contributed by atoms with E-state index in [-0.39, 0.29) is 4.90 Å². The maximum absolute atomic E-state index is 11.7. The van der Waals surface area contributed by atoms with E-state index < -0.39 is 21.2 Å². The van der Waals surface area contributed by atoms with Crippen LogP contribution in [0.25, 0.3) is 0 Å². The highest BCUT2D eigenvalue weighted by atomic mass is 79.9. The average molecular weight is 319 g/mol. The Bertz CT molecular complexity index is 587. The van der Waals surface area contributed by atoms with Gasteiger partial charge in [-0.15, -0.1) is 0 Å². The number of benzene rings is 1. The Morgan fingerprint density at radius 2 is 2.00 bits per heavy atom. The molecule has 1 aromatic carbocycles. The summed E-state index contributed by atoms with van der Waals surface area (Å²) in [5, 5.41) is 9.23. The fraction of sp³-hybridized carbons (Fsp3) is 0.364. The Morgan fingerprint density at radius 1 is 1.41 bits per heavy atom. The third-order valence-corrected chi connectivity index (χ3v) is 4.66. The fourth-order valence-corrected chi connectivity index (χ4v) is 3.25. The van der Waals surface area contributed by atoms with Crippen LogP contribution in [-0.4, -0.2) is 25.7 Å². The maximum Gasteiger partial charge on any atom is 0.314 e. The van der Waals surface area contributed by atoms with Gasteiger partial charge in [0, 0.05) is 10.7 Å². The molecule has 0 radical (unpaired) electrons. The highest BCUT2D eigenvalue weighted by Crippen LogP contribution is 2.50. The molecule has 0 heterocycles. The average Bonchev–Trinajstić information content (AvgIpc) is 2.95. The molecule has 4 nitrogen and oxygen atoms in total. The van der Waals surface area contributed by atoms with Crippen LogP contribution >= 0.6 is 15.9 Å². The summed E-state index contributed by atoms with van der Waals surface area (Å²) in [6, 6.07) is 4.66. The largest absolute Gasteiger partial charge is 0.481 e. The minimum absolute atomic E-state index is 0.112. The van der Waals surface area contributed by atoms with Crippen molar-refractivity contribution in [2.45, 2.75) is 23.2 Å². The van der Waals surface area contributed by atoms with Crippen LogP contribution in [0.3, 0.4) is 0 Å². The molecule has 0 aromatic heterocycles. The number of carboxylic acid groups (broad SMARTS) is 1. The zero-order valence-electron chi connectivity index (χ0n) is 9.10. The zero-order chi connectivity index (χ0) is 12.8. The molecule has 1 aliphatic carbocycles. The van der Waals surface area contributed by atoms with Gasteiger partial charge in [0.1, 0.15) is 0 Å². The molecule has 2 rings (SSSR count). The first-order valence-corrected chi connectivity index (χ1v) is 7.69. The van der Waals surface area contributed by atoms with Gasteiger partial charge in [-0.3, -0.25) is 4.79 Å². The highest BCUT2D eigenvalue weighted by molar-refractivity contribution is 9.10. The quantitative estimate of drug-likeness (QED) is 0.924. The second-order valence-corrected chi connectivity index (χ2v) is 7.20. The van der Waals surface area contributed by atoms with Crippen molar-refractivity contribution >= 4 is 31.7 Å². The molecule has 0 saturated heterocycles. The first-order valence-electron chi connectivity index (χ1n) is 5.01. The maximum atomic E-state index is 11.7. The monoisotopic (exact) mass is 318 g/mol. The molecule has 1 fully saturated rings. The lowest BCUT2D eigenvalue weighted by Gasteiger charge is -2.15. The Labute approximate surface area is 108 Å². The van der Waals surface area contributed by atoms with Crippen molar-refractivity contribution in [1.29, 1.82) is 0 Å². The van der Waals surface area contributed by atoms with E-state index >= 15 is 0 Å². The summed E-state index contributed by atoms with van der Waals surface area (Å²) in [4.78, 5) is 11.4. The lowest BCUT2D eigenvalue weighted by Crippen LogP contribution is -2.22. The topological polar surface area (TPSA) is 71.4 Å². The summed E-state index contributed by atoms with van der Waals surface area (Å²) in [5.41, 5.74) is -0.621.